The van der Waals surface area contributed by atoms with Crippen molar-refractivity contribution in [3.05, 3.63) is 35.9 Å². The van der Waals surface area contributed by atoms with Crippen LogP contribution >= 0.6 is 0 Å². The van der Waals surface area contributed by atoms with Crippen LogP contribution < -0.4 is 0 Å². The Hall–Kier alpha value is -1.35. The largest absolute Gasteiger partial charge is 0.376 e. The van der Waals surface area contributed by atoms with Crippen LogP contribution in [0.15, 0.2) is 30.3 Å². The molecule has 1 amide bonds. The highest BCUT2D eigenvalue weighted by molar-refractivity contribution is 5.46. The first-order chi connectivity index (χ1) is 5.86. The van der Waals surface area contributed by atoms with Crippen LogP contribution in [0, 0.1) is 0 Å². The van der Waals surface area contributed by atoms with Crippen LogP contribution in [0.3, 0.4) is 0 Å². The lowest BCUT2D eigenvalue weighted by Crippen LogP contribution is -2.21. The molecule has 0 aromatic heterocycles. The van der Waals surface area contributed by atoms with Crippen LogP contribution in [0.4, 0.5) is 0 Å². The van der Waals surface area contributed by atoms with E-state index in [2.05, 4.69) is 0 Å². The van der Waals surface area contributed by atoms with Gasteiger partial charge >= 0.3 is 0 Å². The van der Waals surface area contributed by atoms with Gasteiger partial charge in [0.05, 0.1) is 0 Å². The molecule has 0 saturated carbocycles. The molecule has 0 heterocycles. The lowest BCUT2D eigenvalue weighted by atomic mass is 10.2. The topological polar surface area (TPSA) is 40.5 Å². The highest BCUT2D eigenvalue weighted by Crippen LogP contribution is 2.01. The van der Waals surface area contributed by atoms with Crippen molar-refractivity contribution in [3.63, 3.8) is 0 Å². The first-order valence-corrected chi connectivity index (χ1v) is 3.71. The molecule has 0 bridgehead atoms. The molecule has 64 valence electrons. The third kappa shape index (κ3) is 2.36. The summed E-state index contributed by atoms with van der Waals surface area (Å²) in [6, 6.07) is 9.53. The zero-order valence-electron chi connectivity index (χ0n) is 6.68. The van der Waals surface area contributed by atoms with Crippen LogP contribution in [0.25, 0.3) is 0 Å². The van der Waals surface area contributed by atoms with E-state index in [1.165, 1.54) is 4.90 Å². The van der Waals surface area contributed by atoms with E-state index < -0.39 is 0 Å². The van der Waals surface area contributed by atoms with Crippen molar-refractivity contribution in [2.24, 2.45) is 0 Å². The summed E-state index contributed by atoms with van der Waals surface area (Å²) in [6.07, 6.45) is 0.632. The Balaban J connectivity index is 2.56. The van der Waals surface area contributed by atoms with Crippen molar-refractivity contribution in [1.82, 2.24) is 4.90 Å². The van der Waals surface area contributed by atoms with Crippen LogP contribution in [0.5, 0.6) is 0 Å². The fraction of sp³-hybridized carbons (Fsp3) is 0.222. The normalized spacial score (nSPS) is 9.42. The zero-order chi connectivity index (χ0) is 8.81. The molecule has 1 aromatic rings. The standard InChI is InChI=1S/C9H11NO2/c11-7-10(8-12)6-9-4-2-1-3-5-9/h1-5,7,12H,6,8H2. The lowest BCUT2D eigenvalue weighted by Gasteiger charge is -2.12. The van der Waals surface area contributed by atoms with Crippen molar-refractivity contribution < 1.29 is 9.90 Å². The van der Waals surface area contributed by atoms with Gasteiger partial charge in [0.2, 0.25) is 6.41 Å². The maximum absolute atomic E-state index is 10.3. The van der Waals surface area contributed by atoms with E-state index in [9.17, 15) is 4.79 Å². The van der Waals surface area contributed by atoms with Gasteiger partial charge in [0.15, 0.2) is 0 Å². The average molecular weight is 165 g/mol. The summed E-state index contributed by atoms with van der Waals surface area (Å²) >= 11 is 0. The number of nitrogens with zero attached hydrogens (tertiary/aromatic N) is 1. The van der Waals surface area contributed by atoms with Gasteiger partial charge in [-0.15, -0.1) is 0 Å². The van der Waals surface area contributed by atoms with Gasteiger partial charge in [-0.3, -0.25) is 4.79 Å². The second kappa shape index (κ2) is 4.51. The van der Waals surface area contributed by atoms with Crippen LogP contribution in [0.2, 0.25) is 0 Å². The maximum atomic E-state index is 10.3. The molecule has 3 nitrogen and oxygen atoms in total. The summed E-state index contributed by atoms with van der Waals surface area (Å²) in [6.45, 7) is 0.221. The van der Waals surface area contributed by atoms with Gasteiger partial charge in [-0.1, -0.05) is 30.3 Å². The Kier molecular flexibility index (Phi) is 3.29. The summed E-state index contributed by atoms with van der Waals surface area (Å²) < 4.78 is 0. The Labute approximate surface area is 71.2 Å². The Morgan fingerprint density at radius 3 is 2.50 bits per heavy atom. The van der Waals surface area contributed by atoms with E-state index in [4.69, 9.17) is 5.11 Å². The van der Waals surface area contributed by atoms with Gasteiger partial charge < -0.3 is 10.0 Å². The van der Waals surface area contributed by atoms with E-state index in [1.807, 2.05) is 30.3 Å². The quantitative estimate of drug-likeness (QED) is 0.524. The van der Waals surface area contributed by atoms with Crippen molar-refractivity contribution in [3.8, 4) is 0 Å². The third-order valence-electron chi connectivity index (χ3n) is 1.56. The number of hydrogen-bond donors (Lipinski definition) is 1. The minimum absolute atomic E-state index is 0.238. The summed E-state index contributed by atoms with van der Waals surface area (Å²) in [4.78, 5) is 11.6. The Bertz CT molecular complexity index is 236. The molecule has 0 aliphatic heterocycles. The molecule has 0 atom stereocenters. The minimum atomic E-state index is -0.238. The molecule has 3 heteroatoms. The van der Waals surface area contributed by atoms with E-state index in [0.29, 0.717) is 13.0 Å². The smallest absolute Gasteiger partial charge is 0.211 e. The first kappa shape index (κ1) is 8.74. The fourth-order valence-corrected chi connectivity index (χ4v) is 0.939. The first-order valence-electron chi connectivity index (χ1n) is 3.71. The number of aliphatic hydroxyl groups is 1. The van der Waals surface area contributed by atoms with Gasteiger partial charge in [-0.25, -0.2) is 0 Å². The predicted octanol–water partition coefficient (Wildman–Crippen LogP) is 0.595. The maximum Gasteiger partial charge on any atom is 0.211 e. The second-order valence-corrected chi connectivity index (χ2v) is 2.48. The Morgan fingerprint density at radius 2 is 2.00 bits per heavy atom. The molecule has 0 spiro atoms. The molecule has 1 rings (SSSR count). The minimum Gasteiger partial charge on any atom is -0.376 e. The summed E-state index contributed by atoms with van der Waals surface area (Å²) in [5, 5.41) is 8.68. The average Bonchev–Trinajstić information content (AvgIpc) is 2.16. The lowest BCUT2D eigenvalue weighted by molar-refractivity contribution is -0.122. The molecule has 0 aliphatic rings. The monoisotopic (exact) mass is 165 g/mol. The van der Waals surface area contributed by atoms with E-state index >= 15 is 0 Å². The van der Waals surface area contributed by atoms with E-state index in [0.717, 1.165) is 5.56 Å². The summed E-state index contributed by atoms with van der Waals surface area (Å²) in [5.74, 6) is 0. The predicted molar refractivity (Wildman–Crippen MR) is 45.1 cm³/mol. The molecular formula is C9H11NO2. The van der Waals surface area contributed by atoms with Crippen molar-refractivity contribution in [2.45, 2.75) is 6.54 Å². The van der Waals surface area contributed by atoms with Crippen molar-refractivity contribution in [2.75, 3.05) is 6.73 Å². The third-order valence-corrected chi connectivity index (χ3v) is 1.56. The zero-order valence-corrected chi connectivity index (χ0v) is 6.68. The van der Waals surface area contributed by atoms with Crippen LogP contribution in [0.1, 0.15) is 5.56 Å². The van der Waals surface area contributed by atoms with Gasteiger partial charge in [-0.05, 0) is 5.56 Å². The van der Waals surface area contributed by atoms with Crippen molar-refractivity contribution >= 4 is 6.41 Å². The van der Waals surface area contributed by atoms with E-state index in [1.54, 1.807) is 0 Å². The van der Waals surface area contributed by atoms with E-state index in [-0.39, 0.29) is 6.73 Å². The molecule has 1 aromatic carbocycles. The number of rotatable bonds is 4. The fourth-order valence-electron chi connectivity index (χ4n) is 0.939. The van der Waals surface area contributed by atoms with Crippen molar-refractivity contribution in [1.29, 1.82) is 0 Å². The Morgan fingerprint density at radius 1 is 1.33 bits per heavy atom. The number of hydrogen-bond acceptors (Lipinski definition) is 2. The van der Waals surface area contributed by atoms with Gasteiger partial charge in [0, 0.05) is 6.54 Å². The van der Waals surface area contributed by atoms with Crippen LogP contribution in [-0.2, 0) is 11.3 Å². The second-order valence-electron chi connectivity index (χ2n) is 2.48. The summed E-state index contributed by atoms with van der Waals surface area (Å²) in [5.41, 5.74) is 1.01. The number of carbonyl (C=O) groups excluding carboxylic acids is 1. The molecule has 0 aliphatic carbocycles. The highest BCUT2D eigenvalue weighted by atomic mass is 16.3. The molecule has 1 N–H and O–H groups in total. The highest BCUT2D eigenvalue weighted by Gasteiger charge is 1.98. The number of benzene rings is 1. The van der Waals surface area contributed by atoms with Gasteiger partial charge in [0.25, 0.3) is 0 Å². The number of aliphatic hydroxyl groups excluding tert-OH is 1. The van der Waals surface area contributed by atoms with Crippen LogP contribution in [-0.4, -0.2) is 23.1 Å². The molecule has 0 saturated heterocycles. The number of carbonyl (C=O) groups is 1. The molecular weight excluding hydrogens is 154 g/mol. The van der Waals surface area contributed by atoms with Gasteiger partial charge in [0.1, 0.15) is 6.73 Å². The number of amides is 1. The molecule has 12 heavy (non-hydrogen) atoms. The van der Waals surface area contributed by atoms with Gasteiger partial charge in [-0.2, -0.15) is 0 Å². The summed E-state index contributed by atoms with van der Waals surface area (Å²) in [7, 11) is 0. The molecule has 0 radical (unpaired) electrons. The molecule has 0 unspecified atom stereocenters. The molecule has 0 fully saturated rings. The SMILES string of the molecule is O=CN(CO)Cc1ccccc1.